The maximum absolute atomic E-state index is 12.3. The van der Waals surface area contributed by atoms with Gasteiger partial charge in [-0.1, -0.05) is 30.1 Å². The van der Waals surface area contributed by atoms with Crippen LogP contribution >= 0.6 is 23.2 Å². The molecule has 0 amide bonds. The topological polar surface area (TPSA) is 71.1 Å². The highest BCUT2D eigenvalue weighted by molar-refractivity contribution is 7.92. The molecule has 0 saturated heterocycles. The predicted octanol–water partition coefficient (Wildman–Crippen LogP) is 4.01. The average Bonchev–Trinajstić information content (AvgIpc) is 2.49. The predicted molar refractivity (Wildman–Crippen MR) is 90.3 cm³/mol. The Morgan fingerprint density at radius 3 is 2.50 bits per heavy atom. The second kappa shape index (κ2) is 7.17. The molecule has 118 valence electrons. The molecule has 1 aromatic heterocycles. The van der Waals surface area contributed by atoms with Gasteiger partial charge >= 0.3 is 0 Å². The van der Waals surface area contributed by atoms with Gasteiger partial charge in [0.05, 0.1) is 26.8 Å². The van der Waals surface area contributed by atoms with E-state index in [0.717, 1.165) is 18.7 Å². The van der Waals surface area contributed by atoms with Gasteiger partial charge in [0.2, 0.25) is 0 Å². The van der Waals surface area contributed by atoms with Crippen molar-refractivity contribution in [3.63, 3.8) is 0 Å². The second-order valence-corrected chi connectivity index (χ2v) is 7.04. The van der Waals surface area contributed by atoms with Crippen molar-refractivity contribution < 1.29 is 8.42 Å². The molecule has 0 spiro atoms. The first kappa shape index (κ1) is 16.9. The summed E-state index contributed by atoms with van der Waals surface area (Å²) in [5.74, 6) is 0.230. The van der Waals surface area contributed by atoms with Crippen LogP contribution in [-0.2, 0) is 10.0 Å². The van der Waals surface area contributed by atoms with E-state index < -0.39 is 10.0 Å². The summed E-state index contributed by atoms with van der Waals surface area (Å²) in [7, 11) is -3.76. The molecule has 2 rings (SSSR count). The molecule has 0 saturated carbocycles. The zero-order valence-corrected chi connectivity index (χ0v) is 14.1. The van der Waals surface area contributed by atoms with Gasteiger partial charge in [-0.3, -0.25) is 4.72 Å². The van der Waals surface area contributed by atoms with Crippen molar-refractivity contribution in [3.8, 4) is 0 Å². The number of hydrogen-bond donors (Lipinski definition) is 2. The number of rotatable bonds is 6. The minimum atomic E-state index is -3.76. The fourth-order valence-corrected chi connectivity index (χ4v) is 3.07. The van der Waals surface area contributed by atoms with Crippen molar-refractivity contribution in [2.75, 3.05) is 16.6 Å². The molecule has 22 heavy (non-hydrogen) atoms. The Labute approximate surface area is 139 Å². The maximum atomic E-state index is 12.3. The summed E-state index contributed by atoms with van der Waals surface area (Å²) < 4.78 is 26.9. The zero-order valence-electron chi connectivity index (χ0n) is 11.8. The van der Waals surface area contributed by atoms with E-state index >= 15 is 0 Å². The minimum absolute atomic E-state index is 0.0249. The van der Waals surface area contributed by atoms with Gasteiger partial charge in [0.25, 0.3) is 10.0 Å². The van der Waals surface area contributed by atoms with Crippen molar-refractivity contribution in [3.05, 3.63) is 46.6 Å². The lowest BCUT2D eigenvalue weighted by Crippen LogP contribution is -2.14. The van der Waals surface area contributed by atoms with E-state index in [1.54, 1.807) is 18.3 Å². The molecule has 1 heterocycles. The third-order valence-corrected chi connectivity index (χ3v) is 4.87. The van der Waals surface area contributed by atoms with Crippen molar-refractivity contribution in [2.45, 2.75) is 18.2 Å². The summed E-state index contributed by atoms with van der Waals surface area (Å²) in [6.45, 7) is 2.89. The number of sulfonamides is 1. The van der Waals surface area contributed by atoms with Crippen LogP contribution in [0.4, 0.5) is 11.5 Å². The fraction of sp³-hybridized carbons (Fsp3) is 0.214. The molecule has 0 radical (unpaired) electrons. The smallest absolute Gasteiger partial charge is 0.263 e. The summed E-state index contributed by atoms with van der Waals surface area (Å²) in [5, 5.41) is 3.63. The Bertz CT molecular complexity index is 749. The lowest BCUT2D eigenvalue weighted by Gasteiger charge is -2.09. The molecular weight excluding hydrogens is 345 g/mol. The van der Waals surface area contributed by atoms with Crippen LogP contribution in [0.3, 0.4) is 0 Å². The van der Waals surface area contributed by atoms with E-state index in [0.29, 0.717) is 5.02 Å². The highest BCUT2D eigenvalue weighted by atomic mass is 35.5. The molecule has 0 atom stereocenters. The molecule has 0 bridgehead atoms. The van der Waals surface area contributed by atoms with Crippen LogP contribution in [0.2, 0.25) is 10.0 Å². The van der Waals surface area contributed by atoms with Gasteiger partial charge in [0, 0.05) is 6.54 Å². The van der Waals surface area contributed by atoms with Crippen molar-refractivity contribution >= 4 is 44.7 Å². The van der Waals surface area contributed by atoms with Crippen molar-refractivity contribution in [2.24, 2.45) is 0 Å². The highest BCUT2D eigenvalue weighted by Crippen LogP contribution is 2.25. The van der Waals surface area contributed by atoms with E-state index in [-0.39, 0.29) is 15.7 Å². The molecule has 8 heteroatoms. The fourth-order valence-electron chi connectivity index (χ4n) is 1.67. The van der Waals surface area contributed by atoms with Crippen LogP contribution < -0.4 is 10.0 Å². The SMILES string of the molecule is CCCNc1ccc(NS(=O)(=O)c2ccc(Cl)c(Cl)c2)nc1. The first-order valence-corrected chi connectivity index (χ1v) is 8.84. The van der Waals surface area contributed by atoms with Gasteiger partial charge in [-0.05, 0) is 36.8 Å². The molecule has 2 N–H and O–H groups in total. The molecule has 0 aliphatic rings. The molecular formula is C14H15Cl2N3O2S. The van der Waals surface area contributed by atoms with Gasteiger partial charge < -0.3 is 5.32 Å². The van der Waals surface area contributed by atoms with Gasteiger partial charge in [-0.25, -0.2) is 13.4 Å². The number of hydrogen-bond acceptors (Lipinski definition) is 4. The van der Waals surface area contributed by atoms with E-state index in [1.807, 2.05) is 0 Å². The van der Waals surface area contributed by atoms with Crippen LogP contribution in [0.1, 0.15) is 13.3 Å². The molecule has 1 aromatic carbocycles. The number of nitrogens with zero attached hydrogens (tertiary/aromatic N) is 1. The Hall–Kier alpha value is -1.50. The van der Waals surface area contributed by atoms with E-state index in [9.17, 15) is 8.42 Å². The maximum Gasteiger partial charge on any atom is 0.263 e. The van der Waals surface area contributed by atoms with Crippen molar-refractivity contribution in [1.82, 2.24) is 4.98 Å². The van der Waals surface area contributed by atoms with Crippen LogP contribution in [-0.4, -0.2) is 19.9 Å². The molecule has 0 aliphatic heterocycles. The summed E-state index contributed by atoms with van der Waals surface area (Å²) in [6.07, 6.45) is 2.56. The Morgan fingerprint density at radius 2 is 1.91 bits per heavy atom. The zero-order chi connectivity index (χ0) is 16.2. The Morgan fingerprint density at radius 1 is 1.14 bits per heavy atom. The van der Waals surface area contributed by atoms with Crippen molar-refractivity contribution in [1.29, 1.82) is 0 Å². The standard InChI is InChI=1S/C14H15Cl2N3O2S/c1-2-7-17-10-3-6-14(18-9-10)19-22(20,21)11-4-5-12(15)13(16)8-11/h3-6,8-9,17H,2,7H2,1H3,(H,18,19). The molecule has 0 aliphatic carbocycles. The quantitative estimate of drug-likeness (QED) is 0.817. The number of halogens is 2. The van der Waals surface area contributed by atoms with E-state index in [2.05, 4.69) is 21.9 Å². The van der Waals surface area contributed by atoms with Crippen LogP contribution in [0, 0.1) is 0 Å². The highest BCUT2D eigenvalue weighted by Gasteiger charge is 2.16. The monoisotopic (exact) mass is 359 g/mol. The molecule has 5 nitrogen and oxygen atoms in total. The largest absolute Gasteiger partial charge is 0.384 e. The lowest BCUT2D eigenvalue weighted by atomic mass is 10.4. The first-order valence-electron chi connectivity index (χ1n) is 6.60. The molecule has 2 aromatic rings. The third-order valence-electron chi connectivity index (χ3n) is 2.78. The summed E-state index contributed by atoms with van der Waals surface area (Å²) in [5.41, 5.74) is 0.833. The number of pyridine rings is 1. The summed E-state index contributed by atoms with van der Waals surface area (Å²) >= 11 is 11.6. The average molecular weight is 360 g/mol. The van der Waals surface area contributed by atoms with Gasteiger partial charge in [-0.15, -0.1) is 0 Å². The number of aromatic nitrogens is 1. The van der Waals surface area contributed by atoms with Crippen LogP contribution in [0.15, 0.2) is 41.4 Å². The number of nitrogens with one attached hydrogen (secondary N) is 2. The molecule has 0 unspecified atom stereocenters. The summed E-state index contributed by atoms with van der Waals surface area (Å²) in [6, 6.07) is 7.46. The lowest BCUT2D eigenvalue weighted by molar-refractivity contribution is 0.601. The van der Waals surface area contributed by atoms with E-state index in [4.69, 9.17) is 23.2 Å². The third kappa shape index (κ3) is 4.25. The second-order valence-electron chi connectivity index (χ2n) is 4.54. The Balaban J connectivity index is 2.16. The van der Waals surface area contributed by atoms with E-state index in [1.165, 1.54) is 18.2 Å². The minimum Gasteiger partial charge on any atom is -0.384 e. The normalized spacial score (nSPS) is 11.2. The van der Waals surface area contributed by atoms with Crippen LogP contribution in [0.5, 0.6) is 0 Å². The molecule has 0 fully saturated rings. The number of benzene rings is 1. The summed E-state index contributed by atoms with van der Waals surface area (Å²) in [4.78, 5) is 4.10. The first-order chi connectivity index (χ1) is 10.4. The Kier molecular flexibility index (Phi) is 5.50. The van der Waals surface area contributed by atoms with Gasteiger partial charge in [0.1, 0.15) is 5.82 Å². The van der Waals surface area contributed by atoms with Gasteiger partial charge in [0.15, 0.2) is 0 Å². The number of anilines is 2. The van der Waals surface area contributed by atoms with Gasteiger partial charge in [-0.2, -0.15) is 0 Å². The van der Waals surface area contributed by atoms with Crippen LogP contribution in [0.25, 0.3) is 0 Å².